The number of pyridine rings is 1. The van der Waals surface area contributed by atoms with Crippen LogP contribution in [0.15, 0.2) is 6.07 Å². The summed E-state index contributed by atoms with van der Waals surface area (Å²) < 4.78 is 37.9. The number of alkyl halides is 3. The monoisotopic (exact) mass is 315 g/mol. The molecule has 2 aromatic heterocycles. The molecular weight excluding hydrogens is 303 g/mol. The summed E-state index contributed by atoms with van der Waals surface area (Å²) in [6.45, 7) is 3.76. The molecule has 0 aliphatic heterocycles. The van der Waals surface area contributed by atoms with Gasteiger partial charge in [0.05, 0.1) is 11.6 Å². The smallest absolute Gasteiger partial charge is 0.233 e. The Morgan fingerprint density at radius 3 is 2.43 bits per heavy atom. The molecule has 0 N–H and O–H groups in total. The topological polar surface area (TPSA) is 38.7 Å². The summed E-state index contributed by atoms with van der Waals surface area (Å²) in [5.41, 5.74) is 2.82. The van der Waals surface area contributed by atoms with Gasteiger partial charge in [-0.05, 0) is 49.9 Å². The third-order valence-electron chi connectivity index (χ3n) is 4.12. The molecule has 3 rings (SSSR count). The number of halogens is 4. The Morgan fingerprint density at radius 2 is 1.81 bits per heavy atom. The van der Waals surface area contributed by atoms with Crippen molar-refractivity contribution in [3.63, 3.8) is 0 Å². The first-order chi connectivity index (χ1) is 9.75. The van der Waals surface area contributed by atoms with Gasteiger partial charge in [0.15, 0.2) is 5.65 Å². The van der Waals surface area contributed by atoms with Crippen molar-refractivity contribution in [2.24, 2.45) is 5.92 Å². The summed E-state index contributed by atoms with van der Waals surface area (Å²) in [7, 11) is 0. The van der Waals surface area contributed by atoms with Crippen molar-refractivity contribution >= 4 is 22.6 Å². The van der Waals surface area contributed by atoms with E-state index in [4.69, 9.17) is 11.6 Å². The second kappa shape index (κ2) is 4.80. The molecule has 1 aliphatic carbocycles. The average molecular weight is 316 g/mol. The summed E-state index contributed by atoms with van der Waals surface area (Å²) in [6, 6.07) is 1.88. The van der Waals surface area contributed by atoms with Crippen LogP contribution in [0, 0.1) is 19.8 Å². The minimum absolute atomic E-state index is 0.0312. The number of hydrogen-bond donors (Lipinski definition) is 0. The van der Waals surface area contributed by atoms with Gasteiger partial charge in [-0.3, -0.25) is 0 Å². The number of rotatable bonds is 1. The summed E-state index contributed by atoms with van der Waals surface area (Å²) >= 11 is 5.88. The minimum Gasteiger partial charge on any atom is -0.233 e. The van der Waals surface area contributed by atoms with Crippen molar-refractivity contribution in [2.45, 2.75) is 38.8 Å². The zero-order valence-corrected chi connectivity index (χ0v) is 12.3. The second-order valence-corrected chi connectivity index (χ2v) is 5.88. The fourth-order valence-corrected chi connectivity index (χ4v) is 2.83. The molecule has 7 heteroatoms. The Balaban J connectivity index is 2.02. The number of aromatic nitrogens is 3. The highest BCUT2D eigenvalue weighted by molar-refractivity contribution is 6.28. The molecule has 1 fully saturated rings. The highest BCUT2D eigenvalue weighted by Gasteiger charge is 2.49. The first kappa shape index (κ1) is 14.5. The van der Waals surface area contributed by atoms with Crippen molar-refractivity contribution in [3.8, 4) is 0 Å². The van der Waals surface area contributed by atoms with Crippen LogP contribution in [0.2, 0.25) is 5.28 Å². The van der Waals surface area contributed by atoms with Crippen LogP contribution in [0.5, 0.6) is 0 Å². The van der Waals surface area contributed by atoms with E-state index in [1.165, 1.54) is 0 Å². The second-order valence-electron chi connectivity index (χ2n) is 5.55. The van der Waals surface area contributed by atoms with Gasteiger partial charge in [0.25, 0.3) is 0 Å². The van der Waals surface area contributed by atoms with Gasteiger partial charge in [-0.15, -0.1) is 0 Å². The third-order valence-corrected chi connectivity index (χ3v) is 4.29. The molecule has 112 valence electrons. The largest absolute Gasteiger partial charge is 0.391 e. The molecule has 0 amide bonds. The fraction of sp³-hybridized carbons (Fsp3) is 0.500. The van der Waals surface area contributed by atoms with Gasteiger partial charge in [0, 0.05) is 17.0 Å². The Hall–Kier alpha value is -1.43. The van der Waals surface area contributed by atoms with Crippen molar-refractivity contribution in [1.29, 1.82) is 0 Å². The standard InChI is InChI=1S/C14H13ClF3N3/c1-6-3-10-11(8-4-9(5-8)14(16,17)18)20-13(15)21-12(10)19-7(6)2/h3,8-9H,4-5H2,1-2H3/t8-,9-. The molecule has 21 heavy (non-hydrogen) atoms. The maximum absolute atomic E-state index is 12.6. The number of nitrogens with zero attached hydrogens (tertiary/aromatic N) is 3. The van der Waals surface area contributed by atoms with Gasteiger partial charge < -0.3 is 0 Å². The van der Waals surface area contributed by atoms with E-state index < -0.39 is 12.1 Å². The molecule has 0 spiro atoms. The molecule has 1 saturated carbocycles. The normalized spacial score (nSPS) is 22.4. The highest BCUT2D eigenvalue weighted by Crippen LogP contribution is 2.50. The Morgan fingerprint density at radius 1 is 1.14 bits per heavy atom. The number of fused-ring (bicyclic) bond motifs is 1. The predicted molar refractivity (Wildman–Crippen MR) is 73.3 cm³/mol. The molecule has 0 radical (unpaired) electrons. The average Bonchev–Trinajstić information content (AvgIpc) is 2.27. The Kier molecular flexibility index (Phi) is 3.31. The Labute approximate surface area is 124 Å². The first-order valence-corrected chi connectivity index (χ1v) is 7.01. The molecular formula is C14H13ClF3N3. The summed E-state index contributed by atoms with van der Waals surface area (Å²) in [5.74, 6) is -1.48. The first-order valence-electron chi connectivity index (χ1n) is 6.64. The molecule has 2 aromatic rings. The van der Waals surface area contributed by atoms with Gasteiger partial charge in [-0.1, -0.05) is 0 Å². The molecule has 0 saturated heterocycles. The molecule has 2 heterocycles. The molecule has 0 atom stereocenters. The van der Waals surface area contributed by atoms with E-state index >= 15 is 0 Å². The van der Waals surface area contributed by atoms with E-state index in [0.29, 0.717) is 16.7 Å². The van der Waals surface area contributed by atoms with Crippen LogP contribution in [-0.4, -0.2) is 21.1 Å². The summed E-state index contributed by atoms with van der Waals surface area (Å²) in [5, 5.41) is 0.733. The number of hydrogen-bond acceptors (Lipinski definition) is 3. The van der Waals surface area contributed by atoms with Gasteiger partial charge in [0.2, 0.25) is 5.28 Å². The van der Waals surface area contributed by atoms with Crippen molar-refractivity contribution < 1.29 is 13.2 Å². The lowest BCUT2D eigenvalue weighted by molar-refractivity contribution is -0.197. The maximum Gasteiger partial charge on any atom is 0.391 e. The van der Waals surface area contributed by atoms with E-state index in [1.807, 2.05) is 19.9 Å². The van der Waals surface area contributed by atoms with E-state index in [2.05, 4.69) is 15.0 Å². The lowest BCUT2D eigenvalue weighted by atomic mass is 9.72. The van der Waals surface area contributed by atoms with E-state index in [-0.39, 0.29) is 24.0 Å². The van der Waals surface area contributed by atoms with Crippen molar-refractivity contribution in [3.05, 3.63) is 28.3 Å². The third kappa shape index (κ3) is 2.57. The van der Waals surface area contributed by atoms with E-state index in [1.54, 1.807) is 0 Å². The van der Waals surface area contributed by atoms with E-state index in [9.17, 15) is 13.2 Å². The molecule has 0 unspecified atom stereocenters. The van der Waals surface area contributed by atoms with Gasteiger partial charge in [-0.2, -0.15) is 18.2 Å². The van der Waals surface area contributed by atoms with Crippen molar-refractivity contribution in [2.75, 3.05) is 0 Å². The van der Waals surface area contributed by atoms with Crippen LogP contribution in [0.3, 0.4) is 0 Å². The van der Waals surface area contributed by atoms with Crippen LogP contribution in [0.1, 0.15) is 35.7 Å². The highest BCUT2D eigenvalue weighted by atomic mass is 35.5. The lowest BCUT2D eigenvalue weighted by Gasteiger charge is -2.36. The zero-order chi connectivity index (χ0) is 15.4. The van der Waals surface area contributed by atoms with Crippen LogP contribution >= 0.6 is 11.6 Å². The zero-order valence-electron chi connectivity index (χ0n) is 11.5. The fourth-order valence-electron chi connectivity index (χ4n) is 2.66. The van der Waals surface area contributed by atoms with Crippen LogP contribution in [0.25, 0.3) is 11.0 Å². The number of aryl methyl sites for hydroxylation is 2. The van der Waals surface area contributed by atoms with Gasteiger partial charge >= 0.3 is 6.18 Å². The molecule has 3 nitrogen and oxygen atoms in total. The predicted octanol–water partition coefficient (Wildman–Crippen LogP) is 4.35. The van der Waals surface area contributed by atoms with Crippen LogP contribution in [-0.2, 0) is 0 Å². The molecule has 0 bridgehead atoms. The summed E-state index contributed by atoms with van der Waals surface area (Å²) in [4.78, 5) is 12.6. The van der Waals surface area contributed by atoms with Crippen molar-refractivity contribution in [1.82, 2.24) is 15.0 Å². The molecule has 1 aliphatic rings. The van der Waals surface area contributed by atoms with Crippen LogP contribution in [0.4, 0.5) is 13.2 Å². The summed E-state index contributed by atoms with van der Waals surface area (Å²) in [6.07, 6.45) is -4.02. The lowest BCUT2D eigenvalue weighted by Crippen LogP contribution is -2.35. The SMILES string of the molecule is Cc1cc2c(nc(Cl)nc2[C@H]2C[C@H](C(F)(F)F)C2)nc1C. The van der Waals surface area contributed by atoms with Crippen LogP contribution < -0.4 is 0 Å². The van der Waals surface area contributed by atoms with Gasteiger partial charge in [0.1, 0.15) is 0 Å². The Bertz CT molecular complexity index is 709. The maximum atomic E-state index is 12.6. The minimum atomic E-state index is -4.13. The molecule has 0 aromatic carbocycles. The quantitative estimate of drug-likeness (QED) is 0.734. The van der Waals surface area contributed by atoms with E-state index in [0.717, 1.165) is 11.3 Å². The van der Waals surface area contributed by atoms with Gasteiger partial charge in [-0.25, -0.2) is 9.97 Å².